The minimum Gasteiger partial charge on any atom is -0.370 e. The quantitative estimate of drug-likeness (QED) is 0.285. The Balaban J connectivity index is 2.36. The van der Waals surface area contributed by atoms with Crippen LogP contribution in [0.1, 0.15) is 22.6 Å². The minimum absolute atomic E-state index is 0.0460. The number of hydrogen-bond acceptors (Lipinski definition) is 5. The first-order valence-electron chi connectivity index (χ1n) is 5.76. The molecule has 0 spiro atoms. The number of nitrogens with one attached hydrogen (secondary N) is 2. The molecule has 1 aromatic heterocycles. The first-order valence-corrected chi connectivity index (χ1v) is 6.64. The van der Waals surface area contributed by atoms with Crippen molar-refractivity contribution >= 4 is 23.1 Å². The van der Waals surface area contributed by atoms with Crippen molar-refractivity contribution in [3.8, 4) is 0 Å². The molecule has 0 aliphatic rings. The Labute approximate surface area is 111 Å². The van der Waals surface area contributed by atoms with Crippen LogP contribution in [-0.2, 0) is 0 Å². The van der Waals surface area contributed by atoms with Crippen molar-refractivity contribution in [2.24, 2.45) is 10.7 Å². The van der Waals surface area contributed by atoms with Gasteiger partial charge in [0.25, 0.3) is 0 Å². The van der Waals surface area contributed by atoms with Gasteiger partial charge in [-0.1, -0.05) is 0 Å². The number of aromatic nitrogens is 1. The van der Waals surface area contributed by atoms with E-state index in [9.17, 15) is 4.79 Å². The Morgan fingerprint density at radius 3 is 3.00 bits per heavy atom. The standard InChI is InChI=1S/C11H19N5OS/c1-13-8(4-3-5-16-11(12)14-2)9(17)10-15-6-7-18-10/h6-8,13H,3-5H2,1-2H3,(H3,12,14,16)/t8-/m0/s1. The van der Waals surface area contributed by atoms with Crippen LogP contribution in [-0.4, -0.2) is 43.4 Å². The molecule has 1 rings (SSSR count). The van der Waals surface area contributed by atoms with Crippen molar-refractivity contribution in [1.29, 1.82) is 0 Å². The van der Waals surface area contributed by atoms with Crippen LogP contribution in [0.2, 0.25) is 0 Å². The van der Waals surface area contributed by atoms with Gasteiger partial charge in [-0.05, 0) is 19.9 Å². The lowest BCUT2D eigenvalue weighted by Crippen LogP contribution is -2.36. The van der Waals surface area contributed by atoms with Crippen molar-refractivity contribution in [2.45, 2.75) is 18.9 Å². The van der Waals surface area contributed by atoms with Crippen LogP contribution >= 0.6 is 11.3 Å². The number of rotatable bonds is 7. The second-order valence-electron chi connectivity index (χ2n) is 3.72. The van der Waals surface area contributed by atoms with E-state index < -0.39 is 0 Å². The molecule has 0 aliphatic heterocycles. The lowest BCUT2D eigenvalue weighted by atomic mass is 10.1. The highest BCUT2D eigenvalue weighted by Crippen LogP contribution is 2.10. The number of guanidine groups is 1. The van der Waals surface area contributed by atoms with Gasteiger partial charge in [-0.15, -0.1) is 11.3 Å². The summed E-state index contributed by atoms with van der Waals surface area (Å²) >= 11 is 1.37. The van der Waals surface area contributed by atoms with Crippen LogP contribution in [0, 0.1) is 0 Å². The fourth-order valence-corrected chi connectivity index (χ4v) is 2.13. The highest BCUT2D eigenvalue weighted by molar-refractivity contribution is 7.11. The first kappa shape index (κ1) is 14.6. The molecule has 1 heterocycles. The van der Waals surface area contributed by atoms with E-state index in [0.717, 1.165) is 12.8 Å². The molecular formula is C11H19N5OS. The van der Waals surface area contributed by atoms with Gasteiger partial charge in [0.1, 0.15) is 0 Å². The number of ketones is 1. The average Bonchev–Trinajstić information content (AvgIpc) is 2.91. The number of likely N-dealkylation sites (N-methyl/N-ethyl adjacent to an activating group) is 1. The molecule has 100 valence electrons. The van der Waals surface area contributed by atoms with Crippen molar-refractivity contribution in [3.05, 3.63) is 16.6 Å². The van der Waals surface area contributed by atoms with E-state index in [1.165, 1.54) is 11.3 Å². The smallest absolute Gasteiger partial charge is 0.208 e. The van der Waals surface area contributed by atoms with Crippen molar-refractivity contribution in [3.63, 3.8) is 0 Å². The molecule has 0 aliphatic carbocycles. The Hall–Kier alpha value is -1.47. The summed E-state index contributed by atoms with van der Waals surface area (Å²) in [4.78, 5) is 19.9. The predicted molar refractivity (Wildman–Crippen MR) is 74.1 cm³/mol. The third kappa shape index (κ3) is 4.42. The lowest BCUT2D eigenvalue weighted by Gasteiger charge is -2.13. The minimum atomic E-state index is -0.197. The summed E-state index contributed by atoms with van der Waals surface area (Å²) in [6, 6.07) is -0.197. The van der Waals surface area contributed by atoms with E-state index >= 15 is 0 Å². The van der Waals surface area contributed by atoms with Crippen LogP contribution in [0.5, 0.6) is 0 Å². The Morgan fingerprint density at radius 1 is 1.67 bits per heavy atom. The molecule has 7 heteroatoms. The van der Waals surface area contributed by atoms with Crippen molar-refractivity contribution < 1.29 is 4.79 Å². The zero-order valence-electron chi connectivity index (χ0n) is 10.6. The van der Waals surface area contributed by atoms with Gasteiger partial charge in [0.2, 0.25) is 5.78 Å². The second kappa shape index (κ2) is 7.78. The highest BCUT2D eigenvalue weighted by Gasteiger charge is 2.19. The molecule has 0 fully saturated rings. The van der Waals surface area contributed by atoms with Gasteiger partial charge in [0.15, 0.2) is 11.0 Å². The van der Waals surface area contributed by atoms with E-state index in [2.05, 4.69) is 20.6 Å². The van der Waals surface area contributed by atoms with Crippen LogP contribution in [0.15, 0.2) is 16.6 Å². The first-order chi connectivity index (χ1) is 8.69. The molecule has 0 saturated heterocycles. The van der Waals surface area contributed by atoms with Crippen LogP contribution in [0.4, 0.5) is 0 Å². The molecule has 0 radical (unpaired) electrons. The number of nitrogens with two attached hydrogens (primary N) is 1. The maximum Gasteiger partial charge on any atom is 0.208 e. The lowest BCUT2D eigenvalue weighted by molar-refractivity contribution is 0.0941. The highest BCUT2D eigenvalue weighted by atomic mass is 32.1. The largest absolute Gasteiger partial charge is 0.370 e. The summed E-state index contributed by atoms with van der Waals surface area (Å²) in [5, 5.41) is 8.34. The number of carbonyl (C=O) groups is 1. The van der Waals surface area contributed by atoms with E-state index in [0.29, 0.717) is 17.5 Å². The number of aliphatic imine (C=N–C) groups is 1. The van der Waals surface area contributed by atoms with Gasteiger partial charge in [0.05, 0.1) is 6.04 Å². The third-order valence-corrected chi connectivity index (χ3v) is 3.31. The maximum atomic E-state index is 12.0. The van der Waals surface area contributed by atoms with Gasteiger partial charge >= 0.3 is 0 Å². The number of hydrogen-bond donors (Lipinski definition) is 3. The fourth-order valence-electron chi connectivity index (χ4n) is 1.50. The summed E-state index contributed by atoms with van der Waals surface area (Å²) < 4.78 is 0. The van der Waals surface area contributed by atoms with Crippen molar-refractivity contribution in [1.82, 2.24) is 15.6 Å². The zero-order chi connectivity index (χ0) is 13.4. The number of thiazole rings is 1. The number of carbonyl (C=O) groups excluding carboxylic acids is 1. The maximum absolute atomic E-state index is 12.0. The second-order valence-corrected chi connectivity index (χ2v) is 4.62. The Kier molecular flexibility index (Phi) is 6.31. The molecular weight excluding hydrogens is 250 g/mol. The molecule has 6 nitrogen and oxygen atoms in total. The summed E-state index contributed by atoms with van der Waals surface area (Å²) in [7, 11) is 3.41. The normalized spacial score (nSPS) is 13.3. The number of nitrogens with zero attached hydrogens (tertiary/aromatic N) is 2. The van der Waals surface area contributed by atoms with E-state index in [1.54, 1.807) is 25.7 Å². The molecule has 0 saturated carbocycles. The summed E-state index contributed by atoms with van der Waals surface area (Å²) in [5.74, 6) is 0.465. The molecule has 0 aromatic carbocycles. The molecule has 0 bridgehead atoms. The third-order valence-electron chi connectivity index (χ3n) is 2.52. The van der Waals surface area contributed by atoms with E-state index in [1.807, 2.05) is 0 Å². The topological polar surface area (TPSA) is 92.4 Å². The molecule has 18 heavy (non-hydrogen) atoms. The van der Waals surface area contributed by atoms with Gasteiger partial charge in [-0.3, -0.25) is 9.79 Å². The van der Waals surface area contributed by atoms with E-state index in [-0.39, 0.29) is 11.8 Å². The fraction of sp³-hybridized carbons (Fsp3) is 0.545. The zero-order valence-corrected chi connectivity index (χ0v) is 11.5. The average molecular weight is 269 g/mol. The Bertz CT molecular complexity index is 390. The SMILES string of the molecule is CN=C(N)NCCC[C@H](NC)C(=O)c1nccs1. The van der Waals surface area contributed by atoms with Gasteiger partial charge in [-0.2, -0.15) is 0 Å². The van der Waals surface area contributed by atoms with Crippen molar-refractivity contribution in [2.75, 3.05) is 20.6 Å². The van der Waals surface area contributed by atoms with Gasteiger partial charge in [-0.25, -0.2) is 4.98 Å². The van der Waals surface area contributed by atoms with E-state index in [4.69, 9.17) is 5.73 Å². The molecule has 1 atom stereocenters. The molecule has 4 N–H and O–H groups in total. The molecule has 0 amide bonds. The molecule has 0 unspecified atom stereocenters. The summed E-state index contributed by atoms with van der Waals surface area (Å²) in [6.45, 7) is 0.701. The van der Waals surface area contributed by atoms with Crippen LogP contribution in [0.3, 0.4) is 0 Å². The van der Waals surface area contributed by atoms with Gasteiger partial charge < -0.3 is 16.4 Å². The molecule has 1 aromatic rings. The summed E-state index contributed by atoms with van der Waals surface area (Å²) in [5.41, 5.74) is 5.51. The Morgan fingerprint density at radius 2 is 2.44 bits per heavy atom. The monoisotopic (exact) mass is 269 g/mol. The van der Waals surface area contributed by atoms with Gasteiger partial charge in [0, 0.05) is 25.2 Å². The predicted octanol–water partition coefficient (Wildman–Crippen LogP) is 0.228. The van der Waals surface area contributed by atoms with Crippen LogP contribution in [0.25, 0.3) is 0 Å². The summed E-state index contributed by atoms with van der Waals surface area (Å²) in [6.07, 6.45) is 3.21. The van der Waals surface area contributed by atoms with Crippen LogP contribution < -0.4 is 16.4 Å². The number of Topliss-reactive ketones (excluding diaryl/α,β-unsaturated/α-hetero) is 1.